The number of nitrogens with zero attached hydrogens (tertiary/aromatic N) is 2. The number of carbonyl (C=O) groups excluding carboxylic acids is 7. The van der Waals surface area contributed by atoms with Crippen molar-refractivity contribution in [1.82, 2.24) is 25.8 Å². The summed E-state index contributed by atoms with van der Waals surface area (Å²) in [5.74, 6) is -5.83. The van der Waals surface area contributed by atoms with Gasteiger partial charge in [-0.15, -0.1) is 0 Å². The van der Waals surface area contributed by atoms with E-state index >= 15 is 0 Å². The van der Waals surface area contributed by atoms with E-state index in [1.807, 2.05) is 26.8 Å². The van der Waals surface area contributed by atoms with Crippen LogP contribution in [0.4, 0.5) is 0 Å². The number of likely N-dealkylation sites (N-methyl/N-ethyl adjacent to an activating group) is 2. The maximum atomic E-state index is 14.1. The number of aliphatic hydroxyl groups is 1. The topological polar surface area (TPSA) is 201 Å². The SMILES string of the molecule is C/C=C(\C)[C@H]1OC(=O)[C@H](C)NC(=O)[C@H]([C@@H](C)CC)NC(=O)CN(C)C(=O)[C@H](Cc2ccccc2)N(C)C(=O)[C@@H](C)NC(=O)[C@@H](CC(C)C)OC(=O)/C(C)=C/C[C@H](O)[C@@H]1C. The highest BCUT2D eigenvalue weighted by molar-refractivity contribution is 5.96. The van der Waals surface area contributed by atoms with Crippen LogP contribution in [-0.2, 0) is 49.5 Å². The Labute approximate surface area is 349 Å². The van der Waals surface area contributed by atoms with Crippen LogP contribution in [0.2, 0.25) is 0 Å². The molecular weight excluding hydrogens is 759 g/mol. The minimum absolute atomic E-state index is 0.0211. The predicted octanol–water partition coefficient (Wildman–Crippen LogP) is 3.24. The standard InChI is InChI=1S/C44H67N5O10/c1-13-26(5)37-40(53)46-31(10)44(57)59-38(27(6)14-2)29(8)34(50)21-20-28(7)43(56)58-35(22-25(3)4)39(52)45-30(9)41(54)49(12)33(23-32-18-16-15-17-19-32)42(55)48(11)24-36(51)47-37/h14-20,25-26,29-31,33-35,37-38,50H,13,21-24H2,1-12H3,(H,45,52)(H,46,53)(H,47,51)/b27-14+,28-20+/t26-,29-,30+,31-,33-,34-,35+,37-,38+/m0/s1. The number of carbonyl (C=O) groups is 7. The Hall–Kier alpha value is -5.05. The molecule has 0 saturated heterocycles. The van der Waals surface area contributed by atoms with Crippen molar-refractivity contribution in [2.45, 2.75) is 137 Å². The van der Waals surface area contributed by atoms with Crippen molar-refractivity contribution in [2.24, 2.45) is 17.8 Å². The van der Waals surface area contributed by atoms with Crippen LogP contribution in [0.25, 0.3) is 0 Å². The number of esters is 2. The maximum absolute atomic E-state index is 14.1. The highest BCUT2D eigenvalue weighted by atomic mass is 16.6. The molecule has 2 rings (SSSR count). The van der Waals surface area contributed by atoms with Crippen molar-refractivity contribution in [3.8, 4) is 0 Å². The van der Waals surface area contributed by atoms with Crippen LogP contribution in [0.15, 0.2) is 53.6 Å². The lowest BCUT2D eigenvalue weighted by molar-refractivity contribution is -0.155. The molecule has 5 amide bonds. The Morgan fingerprint density at radius 3 is 2.08 bits per heavy atom. The first-order chi connectivity index (χ1) is 27.6. The summed E-state index contributed by atoms with van der Waals surface area (Å²) in [6, 6.07) is 4.53. The second-order valence-corrected chi connectivity index (χ2v) is 16.2. The summed E-state index contributed by atoms with van der Waals surface area (Å²) in [6.45, 7) is 16.5. The van der Waals surface area contributed by atoms with Gasteiger partial charge in [0.1, 0.15) is 30.3 Å². The Bertz CT molecular complexity index is 1700. The van der Waals surface area contributed by atoms with Crippen molar-refractivity contribution in [1.29, 1.82) is 0 Å². The van der Waals surface area contributed by atoms with Gasteiger partial charge < -0.3 is 40.3 Å². The molecule has 1 aromatic rings. The molecule has 15 heteroatoms. The third-order valence-electron chi connectivity index (χ3n) is 10.8. The van der Waals surface area contributed by atoms with E-state index in [0.29, 0.717) is 12.0 Å². The van der Waals surface area contributed by atoms with E-state index in [1.165, 1.54) is 50.7 Å². The monoisotopic (exact) mass is 825 g/mol. The lowest BCUT2D eigenvalue weighted by atomic mass is 9.90. The minimum atomic E-state index is -1.26. The van der Waals surface area contributed by atoms with Crippen LogP contribution in [-0.4, -0.2) is 120 Å². The minimum Gasteiger partial charge on any atom is -0.456 e. The Morgan fingerprint density at radius 2 is 1.51 bits per heavy atom. The smallest absolute Gasteiger partial charge is 0.334 e. The number of cyclic esters (lactones) is 2. The zero-order valence-electron chi connectivity index (χ0n) is 36.9. The van der Waals surface area contributed by atoms with E-state index in [0.717, 1.165) is 5.56 Å². The second kappa shape index (κ2) is 23.5. The second-order valence-electron chi connectivity index (χ2n) is 16.2. The van der Waals surface area contributed by atoms with Gasteiger partial charge in [-0.05, 0) is 70.4 Å². The highest BCUT2D eigenvalue weighted by Gasteiger charge is 2.36. The van der Waals surface area contributed by atoms with Gasteiger partial charge in [-0.2, -0.15) is 0 Å². The highest BCUT2D eigenvalue weighted by Crippen LogP contribution is 2.24. The molecule has 15 nitrogen and oxygen atoms in total. The molecule has 0 bridgehead atoms. The molecule has 1 aliphatic heterocycles. The van der Waals surface area contributed by atoms with Crippen molar-refractivity contribution in [2.75, 3.05) is 20.6 Å². The fourth-order valence-electron chi connectivity index (χ4n) is 6.55. The van der Waals surface area contributed by atoms with Gasteiger partial charge in [0.05, 0.1) is 12.6 Å². The molecule has 59 heavy (non-hydrogen) atoms. The number of amides is 5. The number of hydrogen-bond acceptors (Lipinski definition) is 10. The first-order valence-electron chi connectivity index (χ1n) is 20.5. The van der Waals surface area contributed by atoms with Gasteiger partial charge in [0.2, 0.25) is 23.6 Å². The molecule has 0 unspecified atom stereocenters. The summed E-state index contributed by atoms with van der Waals surface area (Å²) in [7, 11) is 2.85. The number of rotatable bonds is 7. The molecule has 4 N–H and O–H groups in total. The fourth-order valence-corrected chi connectivity index (χ4v) is 6.55. The first-order valence-corrected chi connectivity index (χ1v) is 20.5. The molecule has 1 aliphatic rings. The number of ether oxygens (including phenoxy) is 2. The van der Waals surface area contributed by atoms with Gasteiger partial charge in [-0.1, -0.05) is 83.5 Å². The third kappa shape index (κ3) is 14.9. The normalized spacial score (nSPS) is 28.8. The van der Waals surface area contributed by atoms with Crippen LogP contribution in [0.1, 0.15) is 94.1 Å². The Kier molecular flexibility index (Phi) is 20.0. The molecule has 328 valence electrons. The van der Waals surface area contributed by atoms with Crippen LogP contribution >= 0.6 is 0 Å². The van der Waals surface area contributed by atoms with Gasteiger partial charge in [-0.25, -0.2) is 9.59 Å². The van der Waals surface area contributed by atoms with Crippen molar-refractivity contribution in [3.05, 3.63) is 59.2 Å². The average molecular weight is 826 g/mol. The van der Waals surface area contributed by atoms with Crippen LogP contribution in [0, 0.1) is 17.8 Å². The van der Waals surface area contributed by atoms with Crippen molar-refractivity contribution >= 4 is 41.5 Å². The molecule has 1 aromatic carbocycles. The van der Waals surface area contributed by atoms with Gasteiger partial charge >= 0.3 is 11.9 Å². The van der Waals surface area contributed by atoms with Crippen molar-refractivity contribution in [3.63, 3.8) is 0 Å². The number of benzene rings is 1. The van der Waals surface area contributed by atoms with E-state index in [-0.39, 0.29) is 36.7 Å². The zero-order valence-corrected chi connectivity index (χ0v) is 36.9. The third-order valence-corrected chi connectivity index (χ3v) is 10.8. The summed E-state index contributed by atoms with van der Waals surface area (Å²) in [5.41, 5.74) is 1.51. The molecule has 9 atom stereocenters. The summed E-state index contributed by atoms with van der Waals surface area (Å²) >= 11 is 0. The molecule has 0 fully saturated rings. The fraction of sp³-hybridized carbons (Fsp3) is 0.614. The number of hydrogen-bond donors (Lipinski definition) is 4. The zero-order chi connectivity index (χ0) is 44.7. The lowest BCUT2D eigenvalue weighted by Crippen LogP contribution is -2.57. The van der Waals surface area contributed by atoms with Gasteiger partial charge in [0.15, 0.2) is 6.10 Å². The van der Waals surface area contributed by atoms with Gasteiger partial charge in [0.25, 0.3) is 5.91 Å². The molecule has 0 saturated carbocycles. The van der Waals surface area contributed by atoms with E-state index in [2.05, 4.69) is 16.0 Å². The Morgan fingerprint density at radius 1 is 0.898 bits per heavy atom. The lowest BCUT2D eigenvalue weighted by Gasteiger charge is -2.33. The molecule has 0 aliphatic carbocycles. The van der Waals surface area contributed by atoms with E-state index in [9.17, 15) is 38.7 Å². The molecule has 0 spiro atoms. The molecule has 0 radical (unpaired) electrons. The van der Waals surface area contributed by atoms with Gasteiger partial charge in [-0.3, -0.25) is 24.0 Å². The van der Waals surface area contributed by atoms with Crippen molar-refractivity contribution < 1.29 is 48.1 Å². The molecule has 0 aromatic heterocycles. The predicted molar refractivity (Wildman–Crippen MR) is 223 cm³/mol. The number of nitrogens with one attached hydrogen (secondary N) is 3. The largest absolute Gasteiger partial charge is 0.456 e. The van der Waals surface area contributed by atoms with E-state index in [1.54, 1.807) is 58.0 Å². The Balaban J connectivity index is 2.62. The quantitative estimate of drug-likeness (QED) is 0.234. The summed E-state index contributed by atoms with van der Waals surface area (Å²) in [4.78, 5) is 98.0. The molecular formula is C44H67N5O10. The maximum Gasteiger partial charge on any atom is 0.334 e. The van der Waals surface area contributed by atoms with E-state index < -0.39 is 96.4 Å². The summed E-state index contributed by atoms with van der Waals surface area (Å²) in [5, 5.41) is 19.3. The van der Waals surface area contributed by atoms with Crippen LogP contribution in [0.5, 0.6) is 0 Å². The van der Waals surface area contributed by atoms with Gasteiger partial charge in [0, 0.05) is 32.0 Å². The molecule has 1 heterocycles. The average Bonchev–Trinajstić information content (AvgIpc) is 3.20. The van der Waals surface area contributed by atoms with Crippen LogP contribution in [0.3, 0.4) is 0 Å². The summed E-state index contributed by atoms with van der Waals surface area (Å²) < 4.78 is 11.5. The van der Waals surface area contributed by atoms with Crippen LogP contribution < -0.4 is 16.0 Å². The first kappa shape index (κ1) is 50.1. The summed E-state index contributed by atoms with van der Waals surface area (Å²) in [6.07, 6.45) is 0.687. The number of aliphatic hydroxyl groups excluding tert-OH is 1. The van der Waals surface area contributed by atoms with E-state index in [4.69, 9.17) is 9.47 Å². The number of allylic oxidation sites excluding steroid dienone is 1.